The molecule has 0 saturated carbocycles. The standard InChI is InChI=1S/C62H111NO3/c1-3-5-7-9-11-13-15-17-19-21-23-25-27-29-30-31-32-34-36-38-40-42-44-46-48-50-52-54-56-58-62(66)63-60(59-64)61(65)57-55-53-51-49-47-45-43-41-39-37-35-33-28-26-24-22-20-18-16-14-12-10-8-6-4-2/h5,7,11,13,17,19,23,25,39,41,47,49,55,57,60-61,64-65H,3-4,6,8-10,12,14-16,18,20-22,24,26-38,40,42-46,48,50-54,56,58-59H2,1-2H3,(H,63,66)/b7-5-,13-11-,19-17-,25-23-,41-39+,49-47+,57-55+. The first-order valence-electron chi connectivity index (χ1n) is 28.8. The Labute approximate surface area is 411 Å². The lowest BCUT2D eigenvalue weighted by atomic mass is 10.0. The molecule has 0 bridgehead atoms. The summed E-state index contributed by atoms with van der Waals surface area (Å²) in [6.07, 6.45) is 83.2. The molecule has 4 heteroatoms. The minimum absolute atomic E-state index is 0.0778. The van der Waals surface area contributed by atoms with Crippen LogP contribution in [0.25, 0.3) is 0 Å². The van der Waals surface area contributed by atoms with Crippen LogP contribution in [0.1, 0.15) is 284 Å². The Morgan fingerprint density at radius 3 is 1.06 bits per heavy atom. The number of aliphatic hydroxyl groups excluding tert-OH is 2. The van der Waals surface area contributed by atoms with Gasteiger partial charge in [0, 0.05) is 6.42 Å². The lowest BCUT2D eigenvalue weighted by molar-refractivity contribution is -0.123. The Bertz CT molecular complexity index is 1180. The van der Waals surface area contributed by atoms with Gasteiger partial charge in [-0.3, -0.25) is 4.79 Å². The monoisotopic (exact) mass is 918 g/mol. The van der Waals surface area contributed by atoms with Crippen molar-refractivity contribution in [3.8, 4) is 0 Å². The number of unbranched alkanes of at least 4 members (excludes halogenated alkanes) is 33. The highest BCUT2D eigenvalue weighted by Crippen LogP contribution is 2.16. The van der Waals surface area contributed by atoms with Gasteiger partial charge in [-0.1, -0.05) is 279 Å². The number of hydrogen-bond acceptors (Lipinski definition) is 3. The van der Waals surface area contributed by atoms with Crippen LogP contribution in [0.3, 0.4) is 0 Å². The van der Waals surface area contributed by atoms with Crippen molar-refractivity contribution in [3.05, 3.63) is 85.1 Å². The van der Waals surface area contributed by atoms with Gasteiger partial charge in [0.05, 0.1) is 18.8 Å². The Hall–Kier alpha value is -2.43. The minimum atomic E-state index is -0.875. The highest BCUT2D eigenvalue weighted by molar-refractivity contribution is 5.76. The maximum absolute atomic E-state index is 12.5. The Morgan fingerprint density at radius 2 is 0.682 bits per heavy atom. The fourth-order valence-corrected chi connectivity index (χ4v) is 8.50. The molecule has 0 aromatic heterocycles. The summed E-state index contributed by atoms with van der Waals surface area (Å²) >= 11 is 0. The minimum Gasteiger partial charge on any atom is -0.394 e. The van der Waals surface area contributed by atoms with Crippen LogP contribution < -0.4 is 5.32 Å². The highest BCUT2D eigenvalue weighted by atomic mass is 16.3. The summed E-state index contributed by atoms with van der Waals surface area (Å²) in [5, 5.41) is 23.2. The smallest absolute Gasteiger partial charge is 0.220 e. The molecule has 0 fully saturated rings. The van der Waals surface area contributed by atoms with E-state index >= 15 is 0 Å². The molecule has 0 aliphatic rings. The van der Waals surface area contributed by atoms with E-state index in [0.717, 1.165) is 64.2 Å². The first kappa shape index (κ1) is 63.6. The van der Waals surface area contributed by atoms with Crippen molar-refractivity contribution in [1.82, 2.24) is 5.32 Å². The molecule has 2 atom stereocenters. The van der Waals surface area contributed by atoms with Gasteiger partial charge in [-0.2, -0.15) is 0 Å². The van der Waals surface area contributed by atoms with E-state index in [1.165, 1.54) is 199 Å². The topological polar surface area (TPSA) is 69.6 Å². The molecular formula is C62H111NO3. The first-order chi connectivity index (χ1) is 32.7. The predicted octanol–water partition coefficient (Wildman–Crippen LogP) is 19.1. The number of aliphatic hydroxyl groups is 2. The molecule has 0 rings (SSSR count). The van der Waals surface area contributed by atoms with E-state index in [1.54, 1.807) is 6.08 Å². The molecule has 0 aliphatic heterocycles. The van der Waals surface area contributed by atoms with E-state index < -0.39 is 12.1 Å². The lowest BCUT2D eigenvalue weighted by Crippen LogP contribution is -2.45. The molecule has 382 valence electrons. The second kappa shape index (κ2) is 56.9. The van der Waals surface area contributed by atoms with Crippen LogP contribution in [0.4, 0.5) is 0 Å². The fourth-order valence-electron chi connectivity index (χ4n) is 8.50. The summed E-state index contributed by atoms with van der Waals surface area (Å²) in [4.78, 5) is 12.5. The van der Waals surface area contributed by atoms with Gasteiger partial charge in [0.15, 0.2) is 0 Å². The summed E-state index contributed by atoms with van der Waals surface area (Å²) in [7, 11) is 0. The molecule has 0 heterocycles. The summed E-state index contributed by atoms with van der Waals surface area (Å²) in [6.45, 7) is 4.20. The van der Waals surface area contributed by atoms with Crippen LogP contribution in [-0.4, -0.2) is 34.9 Å². The largest absolute Gasteiger partial charge is 0.394 e. The Kier molecular flexibility index (Phi) is 54.8. The number of carbonyl (C=O) groups excluding carboxylic acids is 1. The maximum atomic E-state index is 12.5. The zero-order valence-corrected chi connectivity index (χ0v) is 43.9. The second-order valence-corrected chi connectivity index (χ2v) is 19.3. The number of nitrogens with one attached hydrogen (secondary N) is 1. The number of carbonyl (C=O) groups is 1. The van der Waals surface area contributed by atoms with Gasteiger partial charge in [-0.15, -0.1) is 0 Å². The van der Waals surface area contributed by atoms with Gasteiger partial charge in [0.2, 0.25) is 5.91 Å². The Morgan fingerprint density at radius 1 is 0.379 bits per heavy atom. The van der Waals surface area contributed by atoms with Crippen molar-refractivity contribution in [1.29, 1.82) is 0 Å². The number of rotatable bonds is 52. The van der Waals surface area contributed by atoms with Crippen molar-refractivity contribution in [2.24, 2.45) is 0 Å². The molecule has 0 spiro atoms. The molecule has 0 aromatic carbocycles. The molecule has 0 aliphatic carbocycles. The molecule has 0 radical (unpaired) electrons. The van der Waals surface area contributed by atoms with Gasteiger partial charge >= 0.3 is 0 Å². The molecule has 4 nitrogen and oxygen atoms in total. The van der Waals surface area contributed by atoms with Crippen molar-refractivity contribution >= 4 is 5.91 Å². The molecule has 66 heavy (non-hydrogen) atoms. The van der Waals surface area contributed by atoms with Crippen LogP contribution in [0, 0.1) is 0 Å². The van der Waals surface area contributed by atoms with Crippen LogP contribution in [-0.2, 0) is 4.79 Å². The molecule has 0 aromatic rings. The summed E-state index contributed by atoms with van der Waals surface area (Å²) in [5.74, 6) is -0.0778. The van der Waals surface area contributed by atoms with Crippen LogP contribution >= 0.6 is 0 Å². The number of amides is 1. The third-order valence-corrected chi connectivity index (χ3v) is 12.8. The van der Waals surface area contributed by atoms with Crippen LogP contribution in [0.2, 0.25) is 0 Å². The summed E-state index contributed by atoms with van der Waals surface area (Å²) < 4.78 is 0. The zero-order valence-electron chi connectivity index (χ0n) is 43.9. The van der Waals surface area contributed by atoms with E-state index in [1.807, 2.05) is 6.08 Å². The normalized spacial score (nSPS) is 13.5. The van der Waals surface area contributed by atoms with Gasteiger partial charge in [-0.25, -0.2) is 0 Å². The molecule has 1 amide bonds. The summed E-state index contributed by atoms with van der Waals surface area (Å²) in [6, 6.07) is -0.650. The van der Waals surface area contributed by atoms with Crippen LogP contribution in [0.15, 0.2) is 85.1 Å². The van der Waals surface area contributed by atoms with Gasteiger partial charge in [-0.05, 0) is 83.5 Å². The second-order valence-electron chi connectivity index (χ2n) is 19.3. The Balaban J connectivity index is 3.56. The van der Waals surface area contributed by atoms with Gasteiger partial charge < -0.3 is 15.5 Å². The molecule has 0 saturated heterocycles. The fraction of sp³-hybridized carbons (Fsp3) is 0.758. The highest BCUT2D eigenvalue weighted by Gasteiger charge is 2.18. The molecule has 3 N–H and O–H groups in total. The van der Waals surface area contributed by atoms with E-state index in [9.17, 15) is 15.0 Å². The van der Waals surface area contributed by atoms with E-state index in [-0.39, 0.29) is 12.5 Å². The number of hydrogen-bond donors (Lipinski definition) is 3. The third kappa shape index (κ3) is 52.5. The lowest BCUT2D eigenvalue weighted by Gasteiger charge is -2.19. The van der Waals surface area contributed by atoms with Gasteiger partial charge in [0.1, 0.15) is 0 Å². The zero-order chi connectivity index (χ0) is 47.7. The predicted molar refractivity (Wildman–Crippen MR) is 294 cm³/mol. The quantitative estimate of drug-likeness (QED) is 0.0421. The van der Waals surface area contributed by atoms with E-state index in [0.29, 0.717) is 6.42 Å². The van der Waals surface area contributed by atoms with Crippen molar-refractivity contribution in [3.63, 3.8) is 0 Å². The molecular weight excluding hydrogens is 807 g/mol. The number of allylic oxidation sites excluding steroid dienone is 13. The van der Waals surface area contributed by atoms with Crippen molar-refractivity contribution in [2.45, 2.75) is 296 Å². The SMILES string of the molecule is CC/C=C\C/C=C\C/C=C\C/C=C\CCCCCCCCCCCCCCCCCCC(=O)NC(CO)C(O)/C=C/CC/C=C/CC/C=C/CCCCCCCCCCCCCCCCC. The average Bonchev–Trinajstić information content (AvgIpc) is 3.32. The third-order valence-electron chi connectivity index (χ3n) is 12.8. The average molecular weight is 919 g/mol. The first-order valence-corrected chi connectivity index (χ1v) is 28.8. The van der Waals surface area contributed by atoms with Crippen molar-refractivity contribution in [2.75, 3.05) is 6.61 Å². The van der Waals surface area contributed by atoms with Gasteiger partial charge in [0.25, 0.3) is 0 Å². The van der Waals surface area contributed by atoms with E-state index in [2.05, 4.69) is 92.1 Å². The van der Waals surface area contributed by atoms with Crippen molar-refractivity contribution < 1.29 is 15.0 Å². The van der Waals surface area contributed by atoms with E-state index in [4.69, 9.17) is 0 Å². The van der Waals surface area contributed by atoms with Crippen LogP contribution in [0.5, 0.6) is 0 Å². The molecule has 2 unspecified atom stereocenters. The summed E-state index contributed by atoms with van der Waals surface area (Å²) in [5.41, 5.74) is 0. The maximum Gasteiger partial charge on any atom is 0.220 e.